The van der Waals surface area contributed by atoms with Gasteiger partial charge in [-0.2, -0.15) is 0 Å². The fraction of sp³-hybridized carbons (Fsp3) is 1.00. The van der Waals surface area contributed by atoms with E-state index in [1.54, 1.807) is 0 Å². The zero-order valence-corrected chi connectivity index (χ0v) is 20.8. The average Bonchev–Trinajstić information content (AvgIpc) is 2.72. The van der Waals surface area contributed by atoms with Crippen LogP contribution in [0.2, 0.25) is 0 Å². The van der Waals surface area contributed by atoms with Gasteiger partial charge in [0.25, 0.3) is 0 Å². The van der Waals surface area contributed by atoms with Gasteiger partial charge in [0.05, 0.1) is 0 Å². The molecule has 1 atom stereocenters. The van der Waals surface area contributed by atoms with E-state index in [-0.39, 0.29) is 0 Å². The molecule has 0 aromatic heterocycles. The van der Waals surface area contributed by atoms with Crippen molar-refractivity contribution in [1.29, 1.82) is 0 Å². The second kappa shape index (κ2) is 26.0. The molecule has 0 radical (unpaired) electrons. The first-order valence-corrected chi connectivity index (χ1v) is 14.1. The normalized spacial score (nSPS) is 12.5. The van der Waals surface area contributed by atoms with E-state index in [0.29, 0.717) is 6.04 Å². The topological polar surface area (TPSA) is 26.0 Å². The average molecular weight is 410 g/mol. The third-order valence-corrected chi connectivity index (χ3v) is 6.59. The van der Waals surface area contributed by atoms with Gasteiger partial charge in [0.2, 0.25) is 0 Å². The summed E-state index contributed by atoms with van der Waals surface area (Å²) in [6, 6.07) is 0.463. The SMILES string of the molecule is CCCCCCCCCCCCCCCCCCCCCCCC[C@H](N)CCC. The summed E-state index contributed by atoms with van der Waals surface area (Å²) in [5, 5.41) is 0. The predicted molar refractivity (Wildman–Crippen MR) is 135 cm³/mol. The summed E-state index contributed by atoms with van der Waals surface area (Å²) in [4.78, 5) is 0. The molecule has 0 unspecified atom stereocenters. The first-order valence-electron chi connectivity index (χ1n) is 14.1. The largest absolute Gasteiger partial charge is 0.328 e. The molecule has 0 aliphatic carbocycles. The highest BCUT2D eigenvalue weighted by molar-refractivity contribution is 4.60. The van der Waals surface area contributed by atoms with Crippen LogP contribution >= 0.6 is 0 Å². The zero-order chi connectivity index (χ0) is 21.3. The highest BCUT2D eigenvalue weighted by Gasteiger charge is 2.00. The Morgan fingerprint density at radius 3 is 0.897 bits per heavy atom. The highest BCUT2D eigenvalue weighted by Crippen LogP contribution is 2.15. The molecule has 0 saturated heterocycles. The Morgan fingerprint density at radius 1 is 0.345 bits per heavy atom. The maximum atomic E-state index is 6.07. The molecule has 0 heterocycles. The minimum absolute atomic E-state index is 0.463. The smallest absolute Gasteiger partial charge is 0.00387 e. The fourth-order valence-corrected chi connectivity index (χ4v) is 4.53. The van der Waals surface area contributed by atoms with E-state index in [4.69, 9.17) is 5.73 Å². The Labute approximate surface area is 186 Å². The van der Waals surface area contributed by atoms with Crippen molar-refractivity contribution < 1.29 is 0 Å². The van der Waals surface area contributed by atoms with E-state index in [9.17, 15) is 0 Å². The second-order valence-corrected chi connectivity index (χ2v) is 9.76. The van der Waals surface area contributed by atoms with Crippen molar-refractivity contribution in [1.82, 2.24) is 0 Å². The van der Waals surface area contributed by atoms with Crippen LogP contribution in [0.1, 0.15) is 174 Å². The first kappa shape index (κ1) is 29.0. The van der Waals surface area contributed by atoms with E-state index >= 15 is 0 Å². The van der Waals surface area contributed by atoms with Gasteiger partial charge in [0.1, 0.15) is 0 Å². The van der Waals surface area contributed by atoms with Crippen LogP contribution in [0, 0.1) is 0 Å². The third kappa shape index (κ3) is 25.9. The molecule has 0 aliphatic heterocycles. The van der Waals surface area contributed by atoms with Crippen LogP contribution in [-0.4, -0.2) is 6.04 Å². The lowest BCUT2D eigenvalue weighted by Gasteiger charge is -2.09. The minimum Gasteiger partial charge on any atom is -0.328 e. The molecule has 0 aromatic carbocycles. The van der Waals surface area contributed by atoms with Crippen molar-refractivity contribution in [2.24, 2.45) is 5.73 Å². The molecule has 0 fully saturated rings. The molecule has 0 bridgehead atoms. The predicted octanol–water partition coefficient (Wildman–Crippen LogP) is 10.1. The number of nitrogens with two attached hydrogens (primary N) is 1. The van der Waals surface area contributed by atoms with Crippen LogP contribution in [0.5, 0.6) is 0 Å². The molecule has 176 valence electrons. The van der Waals surface area contributed by atoms with Gasteiger partial charge in [-0.3, -0.25) is 0 Å². The first-order chi connectivity index (χ1) is 14.3. The number of unbranched alkanes of at least 4 members (excludes halogenated alkanes) is 21. The van der Waals surface area contributed by atoms with Crippen molar-refractivity contribution in [3.05, 3.63) is 0 Å². The van der Waals surface area contributed by atoms with Crippen LogP contribution in [-0.2, 0) is 0 Å². The van der Waals surface area contributed by atoms with E-state index in [1.165, 1.54) is 161 Å². The van der Waals surface area contributed by atoms with Crippen LogP contribution in [0.25, 0.3) is 0 Å². The summed E-state index contributed by atoms with van der Waals surface area (Å²) in [7, 11) is 0. The van der Waals surface area contributed by atoms with Gasteiger partial charge in [0.15, 0.2) is 0 Å². The van der Waals surface area contributed by atoms with E-state index in [2.05, 4.69) is 13.8 Å². The summed E-state index contributed by atoms with van der Waals surface area (Å²) in [5.74, 6) is 0. The van der Waals surface area contributed by atoms with Crippen LogP contribution in [0.3, 0.4) is 0 Å². The number of hydrogen-bond acceptors (Lipinski definition) is 1. The molecule has 0 amide bonds. The maximum Gasteiger partial charge on any atom is 0.00387 e. The van der Waals surface area contributed by atoms with Crippen molar-refractivity contribution in [3.63, 3.8) is 0 Å². The maximum absolute atomic E-state index is 6.07. The summed E-state index contributed by atoms with van der Waals surface area (Å²) in [5.41, 5.74) is 6.07. The van der Waals surface area contributed by atoms with Gasteiger partial charge in [-0.15, -0.1) is 0 Å². The van der Waals surface area contributed by atoms with Crippen molar-refractivity contribution >= 4 is 0 Å². The van der Waals surface area contributed by atoms with Crippen molar-refractivity contribution in [3.8, 4) is 0 Å². The summed E-state index contributed by atoms with van der Waals surface area (Å²) < 4.78 is 0. The zero-order valence-electron chi connectivity index (χ0n) is 20.8. The van der Waals surface area contributed by atoms with E-state index in [0.717, 1.165) is 0 Å². The Hall–Kier alpha value is -0.0400. The van der Waals surface area contributed by atoms with Gasteiger partial charge in [-0.25, -0.2) is 0 Å². The van der Waals surface area contributed by atoms with Gasteiger partial charge in [0, 0.05) is 6.04 Å². The molecule has 0 aromatic rings. The number of rotatable bonds is 25. The standard InChI is InChI=1S/C28H59N/c1-3-5-6-7-8-9-10-11-12-13-14-15-16-17-18-19-20-21-22-23-24-25-27-28(29)26-4-2/h28H,3-27,29H2,1-2H3/t28-/m1/s1. The lowest BCUT2D eigenvalue weighted by atomic mass is 10.0. The van der Waals surface area contributed by atoms with Gasteiger partial charge < -0.3 is 5.73 Å². The Bertz CT molecular complexity index is 275. The summed E-state index contributed by atoms with van der Waals surface area (Å²) >= 11 is 0. The Kier molecular flexibility index (Phi) is 26.0. The number of hydrogen-bond donors (Lipinski definition) is 1. The minimum atomic E-state index is 0.463. The third-order valence-electron chi connectivity index (χ3n) is 6.59. The van der Waals surface area contributed by atoms with Crippen LogP contribution in [0.15, 0.2) is 0 Å². The molecule has 2 N–H and O–H groups in total. The lowest BCUT2D eigenvalue weighted by molar-refractivity contribution is 0.498. The molecule has 0 rings (SSSR count). The van der Waals surface area contributed by atoms with Gasteiger partial charge >= 0.3 is 0 Å². The van der Waals surface area contributed by atoms with Crippen LogP contribution in [0.4, 0.5) is 0 Å². The van der Waals surface area contributed by atoms with Crippen molar-refractivity contribution in [2.45, 2.75) is 180 Å². The molecule has 1 heteroatoms. The van der Waals surface area contributed by atoms with Gasteiger partial charge in [-0.05, 0) is 12.8 Å². The van der Waals surface area contributed by atoms with Crippen molar-refractivity contribution in [2.75, 3.05) is 0 Å². The summed E-state index contributed by atoms with van der Waals surface area (Å²) in [6.45, 7) is 4.54. The molecular weight excluding hydrogens is 350 g/mol. The van der Waals surface area contributed by atoms with E-state index in [1.807, 2.05) is 0 Å². The Morgan fingerprint density at radius 2 is 0.621 bits per heavy atom. The fourth-order valence-electron chi connectivity index (χ4n) is 4.53. The molecule has 0 aliphatic rings. The molecule has 0 saturated carbocycles. The van der Waals surface area contributed by atoms with Gasteiger partial charge in [-0.1, -0.05) is 162 Å². The molecular formula is C28H59N. The molecule has 0 spiro atoms. The Balaban J connectivity index is 3.02. The quantitative estimate of drug-likeness (QED) is 0.149. The highest BCUT2D eigenvalue weighted by atomic mass is 14.6. The molecule has 29 heavy (non-hydrogen) atoms. The monoisotopic (exact) mass is 409 g/mol. The lowest BCUT2D eigenvalue weighted by Crippen LogP contribution is -2.18. The second-order valence-electron chi connectivity index (χ2n) is 9.76. The molecule has 1 nitrogen and oxygen atoms in total. The van der Waals surface area contributed by atoms with Crippen LogP contribution < -0.4 is 5.73 Å². The van der Waals surface area contributed by atoms with E-state index < -0.39 is 0 Å². The summed E-state index contributed by atoms with van der Waals surface area (Å²) in [6.07, 6.45) is 35.8.